The third-order valence-corrected chi connectivity index (χ3v) is 3.00. The lowest BCUT2D eigenvalue weighted by molar-refractivity contribution is 0.168. The Labute approximate surface area is 136 Å². The van der Waals surface area contributed by atoms with Crippen molar-refractivity contribution in [1.82, 2.24) is 0 Å². The van der Waals surface area contributed by atoms with Gasteiger partial charge in [0.2, 0.25) is 0 Å². The first kappa shape index (κ1) is 16.7. The Morgan fingerprint density at radius 2 is 1.70 bits per heavy atom. The fourth-order valence-electron chi connectivity index (χ4n) is 1.90. The molecule has 0 heterocycles. The van der Waals surface area contributed by atoms with Gasteiger partial charge in [0.05, 0.1) is 6.61 Å². The van der Waals surface area contributed by atoms with Gasteiger partial charge >= 0.3 is 6.09 Å². The fourth-order valence-corrected chi connectivity index (χ4v) is 1.90. The summed E-state index contributed by atoms with van der Waals surface area (Å²) >= 11 is 0. The Bertz CT molecular complexity index is 625. The molecule has 0 atom stereocenters. The molecule has 2 aromatic rings. The number of rotatable bonds is 7. The summed E-state index contributed by atoms with van der Waals surface area (Å²) in [7, 11) is 0. The first-order valence-corrected chi connectivity index (χ1v) is 7.53. The van der Waals surface area contributed by atoms with Crippen molar-refractivity contribution in [3.05, 3.63) is 54.1 Å². The molecule has 0 unspecified atom stereocenters. The molecule has 0 bridgehead atoms. The van der Waals surface area contributed by atoms with E-state index in [1.54, 1.807) is 25.1 Å². The molecule has 2 aromatic carbocycles. The number of aryl methyl sites for hydroxylation is 1. The Balaban J connectivity index is 1.77. The molecule has 2 rings (SSSR count). The molecule has 0 aliphatic heterocycles. The number of carbonyl (C=O) groups excluding carboxylic acids is 1. The maximum absolute atomic E-state index is 11.4. The molecule has 1 amide bonds. The normalized spacial score (nSPS) is 10.0. The highest BCUT2D eigenvalue weighted by atomic mass is 16.5. The van der Waals surface area contributed by atoms with Crippen molar-refractivity contribution in [2.24, 2.45) is 0 Å². The van der Waals surface area contributed by atoms with Gasteiger partial charge in [-0.15, -0.1) is 0 Å². The second-order valence-corrected chi connectivity index (χ2v) is 4.88. The molecule has 0 saturated carbocycles. The number of carbonyl (C=O) groups is 1. The van der Waals surface area contributed by atoms with Crippen molar-refractivity contribution in [1.29, 1.82) is 0 Å². The minimum absolute atomic E-state index is 0.332. The van der Waals surface area contributed by atoms with Gasteiger partial charge in [-0.2, -0.15) is 0 Å². The lowest BCUT2D eigenvalue weighted by atomic mass is 10.2. The molecule has 0 aliphatic rings. The van der Waals surface area contributed by atoms with Crippen LogP contribution in [0, 0.1) is 6.92 Å². The number of hydrogen-bond donors (Lipinski definition) is 1. The van der Waals surface area contributed by atoms with Crippen molar-refractivity contribution in [3.63, 3.8) is 0 Å². The van der Waals surface area contributed by atoms with Crippen LogP contribution >= 0.6 is 0 Å². The van der Waals surface area contributed by atoms with Crippen molar-refractivity contribution in [2.75, 3.05) is 25.1 Å². The zero-order valence-corrected chi connectivity index (χ0v) is 13.4. The maximum Gasteiger partial charge on any atom is 0.411 e. The predicted molar refractivity (Wildman–Crippen MR) is 89.3 cm³/mol. The number of anilines is 1. The predicted octanol–water partition coefficient (Wildman–Crippen LogP) is 4.02. The first-order valence-electron chi connectivity index (χ1n) is 7.53. The summed E-state index contributed by atoms with van der Waals surface area (Å²) in [5.74, 6) is 1.48. The van der Waals surface area contributed by atoms with E-state index >= 15 is 0 Å². The third-order valence-electron chi connectivity index (χ3n) is 3.00. The van der Waals surface area contributed by atoms with Crippen LogP contribution in [0.2, 0.25) is 0 Å². The summed E-state index contributed by atoms with van der Waals surface area (Å²) in [6, 6.07) is 15.0. The van der Waals surface area contributed by atoms with Gasteiger partial charge in [-0.25, -0.2) is 4.79 Å². The van der Waals surface area contributed by atoms with Crippen LogP contribution in [0.4, 0.5) is 10.5 Å². The molecule has 0 aromatic heterocycles. The van der Waals surface area contributed by atoms with Crippen molar-refractivity contribution >= 4 is 11.8 Å². The molecule has 122 valence electrons. The van der Waals surface area contributed by atoms with E-state index in [1.807, 2.05) is 37.3 Å². The van der Waals surface area contributed by atoms with Crippen LogP contribution in [0.25, 0.3) is 0 Å². The highest BCUT2D eigenvalue weighted by Gasteiger charge is 2.03. The lowest BCUT2D eigenvalue weighted by Gasteiger charge is -2.10. The van der Waals surface area contributed by atoms with Gasteiger partial charge in [0, 0.05) is 11.8 Å². The Hall–Kier alpha value is -2.69. The fraction of sp³-hybridized carbons (Fsp3) is 0.278. The van der Waals surface area contributed by atoms with Crippen LogP contribution in [0.5, 0.6) is 11.5 Å². The average Bonchev–Trinajstić information content (AvgIpc) is 2.54. The second kappa shape index (κ2) is 8.68. The summed E-state index contributed by atoms with van der Waals surface area (Å²) in [6.45, 7) is 4.98. The van der Waals surface area contributed by atoms with E-state index in [-0.39, 0.29) is 0 Å². The lowest BCUT2D eigenvalue weighted by Crippen LogP contribution is -2.13. The van der Waals surface area contributed by atoms with E-state index < -0.39 is 6.09 Å². The smallest absolute Gasteiger partial charge is 0.411 e. The van der Waals surface area contributed by atoms with Gasteiger partial charge in [0.25, 0.3) is 0 Å². The van der Waals surface area contributed by atoms with Gasteiger partial charge in [0.15, 0.2) is 0 Å². The molecule has 5 nitrogen and oxygen atoms in total. The molecule has 0 saturated heterocycles. The van der Waals surface area contributed by atoms with E-state index in [0.717, 1.165) is 5.75 Å². The summed E-state index contributed by atoms with van der Waals surface area (Å²) < 4.78 is 16.0. The van der Waals surface area contributed by atoms with Crippen molar-refractivity contribution in [3.8, 4) is 11.5 Å². The van der Waals surface area contributed by atoms with Crippen LogP contribution < -0.4 is 14.8 Å². The Kier molecular flexibility index (Phi) is 6.29. The van der Waals surface area contributed by atoms with Gasteiger partial charge in [-0.3, -0.25) is 5.32 Å². The third kappa shape index (κ3) is 5.90. The summed E-state index contributed by atoms with van der Waals surface area (Å²) in [5.41, 5.74) is 1.82. The molecule has 0 fully saturated rings. The summed E-state index contributed by atoms with van der Waals surface area (Å²) in [6.07, 6.45) is -0.479. The van der Waals surface area contributed by atoms with Crippen molar-refractivity contribution < 1.29 is 19.0 Å². The van der Waals surface area contributed by atoms with E-state index in [4.69, 9.17) is 14.2 Å². The molecule has 0 spiro atoms. The van der Waals surface area contributed by atoms with Gasteiger partial charge in [-0.1, -0.05) is 23.8 Å². The number of benzene rings is 2. The largest absolute Gasteiger partial charge is 0.490 e. The number of ether oxygens (including phenoxy) is 3. The average molecular weight is 315 g/mol. The number of hydrogen-bond acceptors (Lipinski definition) is 4. The van der Waals surface area contributed by atoms with Crippen LogP contribution in [0.3, 0.4) is 0 Å². The first-order chi connectivity index (χ1) is 11.2. The minimum Gasteiger partial charge on any atom is -0.490 e. The standard InChI is InChI=1S/C18H21NO4/c1-3-21-18(20)19-15-5-4-6-17(13-15)23-12-11-22-16-9-7-14(2)8-10-16/h4-10,13H,3,11-12H2,1-2H3,(H,19,20). The van der Waals surface area contributed by atoms with E-state index in [9.17, 15) is 4.79 Å². The van der Waals surface area contributed by atoms with Crippen LogP contribution in [0.15, 0.2) is 48.5 Å². The maximum atomic E-state index is 11.4. The van der Waals surface area contributed by atoms with Crippen molar-refractivity contribution in [2.45, 2.75) is 13.8 Å². The summed E-state index contributed by atoms with van der Waals surface area (Å²) in [4.78, 5) is 11.4. The second-order valence-electron chi connectivity index (χ2n) is 4.88. The van der Waals surface area contributed by atoms with E-state index in [0.29, 0.717) is 31.3 Å². The topological polar surface area (TPSA) is 56.8 Å². The molecular formula is C18H21NO4. The van der Waals surface area contributed by atoms with Crippen LogP contribution in [-0.2, 0) is 4.74 Å². The monoisotopic (exact) mass is 315 g/mol. The molecule has 0 radical (unpaired) electrons. The van der Waals surface area contributed by atoms with Gasteiger partial charge in [-0.05, 0) is 38.1 Å². The Morgan fingerprint density at radius 3 is 2.39 bits per heavy atom. The molecule has 0 aliphatic carbocycles. The van der Waals surface area contributed by atoms with E-state index in [2.05, 4.69) is 5.32 Å². The zero-order valence-electron chi connectivity index (χ0n) is 13.4. The molecule has 1 N–H and O–H groups in total. The van der Waals surface area contributed by atoms with Crippen LogP contribution in [-0.4, -0.2) is 25.9 Å². The quantitative estimate of drug-likeness (QED) is 0.784. The Morgan fingerprint density at radius 1 is 1.00 bits per heavy atom. The summed E-state index contributed by atoms with van der Waals surface area (Å²) in [5, 5.41) is 2.63. The van der Waals surface area contributed by atoms with Crippen LogP contribution in [0.1, 0.15) is 12.5 Å². The SMILES string of the molecule is CCOC(=O)Nc1cccc(OCCOc2ccc(C)cc2)c1. The highest BCUT2D eigenvalue weighted by Crippen LogP contribution is 2.18. The molecule has 23 heavy (non-hydrogen) atoms. The minimum atomic E-state index is -0.479. The van der Waals surface area contributed by atoms with Gasteiger partial charge < -0.3 is 14.2 Å². The van der Waals surface area contributed by atoms with E-state index in [1.165, 1.54) is 5.56 Å². The zero-order chi connectivity index (χ0) is 16.5. The molecular weight excluding hydrogens is 294 g/mol. The number of amides is 1. The number of nitrogens with one attached hydrogen (secondary N) is 1. The molecule has 5 heteroatoms. The highest BCUT2D eigenvalue weighted by molar-refractivity contribution is 5.84. The van der Waals surface area contributed by atoms with Gasteiger partial charge in [0.1, 0.15) is 24.7 Å².